The van der Waals surface area contributed by atoms with Crippen LogP contribution in [-0.4, -0.2) is 12.6 Å². The molecule has 0 saturated heterocycles. The number of hydrogen-bond acceptors (Lipinski definition) is 4. The predicted molar refractivity (Wildman–Crippen MR) is 58.4 cm³/mol. The summed E-state index contributed by atoms with van der Waals surface area (Å²) >= 11 is 0. The lowest BCUT2D eigenvalue weighted by Gasteiger charge is -2.02. The average Bonchev–Trinajstić information content (AvgIpc) is 2.30. The number of halogens is 1. The van der Waals surface area contributed by atoms with Gasteiger partial charge < -0.3 is 9.15 Å². The summed E-state index contributed by atoms with van der Waals surface area (Å²) in [5.41, 5.74) is -0.711. The molecule has 17 heavy (non-hydrogen) atoms. The van der Waals surface area contributed by atoms with Gasteiger partial charge in [-0.3, -0.25) is 4.79 Å². The van der Waals surface area contributed by atoms with Crippen molar-refractivity contribution in [1.82, 2.24) is 0 Å². The van der Waals surface area contributed by atoms with Gasteiger partial charge in [-0.2, -0.15) is 0 Å². The molecule has 0 aliphatic carbocycles. The van der Waals surface area contributed by atoms with Crippen molar-refractivity contribution in [1.29, 1.82) is 0 Å². The van der Waals surface area contributed by atoms with E-state index in [9.17, 15) is 14.0 Å². The van der Waals surface area contributed by atoms with Crippen LogP contribution in [0.1, 0.15) is 17.5 Å². The van der Waals surface area contributed by atoms with Crippen molar-refractivity contribution in [3.63, 3.8) is 0 Å². The summed E-state index contributed by atoms with van der Waals surface area (Å²) < 4.78 is 23.1. The number of hydrogen-bond donors (Lipinski definition) is 0. The van der Waals surface area contributed by atoms with Crippen molar-refractivity contribution in [3.05, 3.63) is 46.1 Å². The Kier molecular flexibility index (Phi) is 2.91. The van der Waals surface area contributed by atoms with Gasteiger partial charge in [-0.1, -0.05) is 6.07 Å². The zero-order valence-corrected chi connectivity index (χ0v) is 9.03. The van der Waals surface area contributed by atoms with Crippen molar-refractivity contribution < 1.29 is 18.3 Å². The first-order chi connectivity index (χ1) is 8.13. The van der Waals surface area contributed by atoms with Crippen LogP contribution in [0.2, 0.25) is 0 Å². The van der Waals surface area contributed by atoms with Gasteiger partial charge >= 0.3 is 5.97 Å². The summed E-state index contributed by atoms with van der Waals surface area (Å²) in [6.07, 6.45) is 0. The zero-order valence-electron chi connectivity index (χ0n) is 9.03. The largest absolute Gasteiger partial charge is 0.460 e. The molecule has 0 N–H and O–H groups in total. The second-order valence-corrected chi connectivity index (χ2v) is 3.31. The van der Waals surface area contributed by atoms with Crippen LogP contribution in [0.25, 0.3) is 11.0 Å². The molecule has 5 heteroatoms. The maximum atomic E-state index is 13.4. The molecule has 0 amide bonds. The van der Waals surface area contributed by atoms with E-state index in [-0.39, 0.29) is 23.3 Å². The van der Waals surface area contributed by atoms with Crippen molar-refractivity contribution in [3.8, 4) is 0 Å². The number of rotatable bonds is 2. The molecule has 0 radical (unpaired) electrons. The van der Waals surface area contributed by atoms with Crippen LogP contribution in [0.4, 0.5) is 4.39 Å². The number of carbonyl (C=O) groups excluding carboxylic acids is 1. The highest BCUT2D eigenvalue weighted by atomic mass is 19.1. The molecule has 0 unspecified atom stereocenters. The fraction of sp³-hybridized carbons (Fsp3) is 0.167. The highest BCUT2D eigenvalue weighted by molar-refractivity contribution is 5.88. The first kappa shape index (κ1) is 11.3. The summed E-state index contributed by atoms with van der Waals surface area (Å²) in [4.78, 5) is 23.0. The minimum atomic E-state index is -0.783. The third kappa shape index (κ3) is 2.04. The van der Waals surface area contributed by atoms with Crippen LogP contribution in [-0.2, 0) is 4.74 Å². The molecule has 0 bridgehead atoms. The van der Waals surface area contributed by atoms with E-state index in [1.54, 1.807) is 6.92 Å². The van der Waals surface area contributed by atoms with Crippen molar-refractivity contribution >= 4 is 16.9 Å². The fourth-order valence-corrected chi connectivity index (χ4v) is 1.45. The smallest absolute Gasteiger partial charge is 0.374 e. The van der Waals surface area contributed by atoms with E-state index >= 15 is 0 Å². The first-order valence-corrected chi connectivity index (χ1v) is 5.03. The molecule has 0 aliphatic rings. The van der Waals surface area contributed by atoms with Crippen molar-refractivity contribution in [2.24, 2.45) is 0 Å². The maximum Gasteiger partial charge on any atom is 0.374 e. The van der Waals surface area contributed by atoms with Gasteiger partial charge in [0, 0.05) is 6.07 Å². The number of para-hydroxylation sites is 1. The second kappa shape index (κ2) is 4.37. The Morgan fingerprint density at radius 3 is 2.94 bits per heavy atom. The Morgan fingerprint density at radius 1 is 1.47 bits per heavy atom. The summed E-state index contributed by atoms with van der Waals surface area (Å²) in [7, 11) is 0. The van der Waals surface area contributed by atoms with Gasteiger partial charge in [-0.25, -0.2) is 9.18 Å². The Labute approximate surface area is 95.6 Å². The van der Waals surface area contributed by atoms with E-state index in [4.69, 9.17) is 4.42 Å². The van der Waals surface area contributed by atoms with E-state index in [2.05, 4.69) is 4.74 Å². The molecule has 0 saturated carbocycles. The Bertz CT molecular complexity index is 630. The Hall–Kier alpha value is -2.17. The average molecular weight is 236 g/mol. The van der Waals surface area contributed by atoms with Gasteiger partial charge in [0.15, 0.2) is 16.8 Å². The van der Waals surface area contributed by atoms with Gasteiger partial charge in [0.2, 0.25) is 5.76 Å². The van der Waals surface area contributed by atoms with Gasteiger partial charge in [-0.15, -0.1) is 0 Å². The molecule has 2 aromatic rings. The molecule has 0 atom stereocenters. The highest BCUT2D eigenvalue weighted by Crippen LogP contribution is 2.16. The van der Waals surface area contributed by atoms with Crippen molar-refractivity contribution in [2.45, 2.75) is 6.92 Å². The number of esters is 1. The first-order valence-electron chi connectivity index (χ1n) is 5.03. The van der Waals surface area contributed by atoms with E-state index in [0.717, 1.165) is 12.1 Å². The molecular formula is C12H9FO4. The molecule has 0 spiro atoms. The summed E-state index contributed by atoms with van der Waals surface area (Å²) in [6, 6.07) is 4.98. The third-order valence-electron chi connectivity index (χ3n) is 2.18. The topological polar surface area (TPSA) is 56.5 Å². The number of fused-ring (bicyclic) bond motifs is 1. The summed E-state index contributed by atoms with van der Waals surface area (Å²) in [5.74, 6) is -1.77. The minimum Gasteiger partial charge on any atom is -0.460 e. The molecule has 0 aliphatic heterocycles. The van der Waals surface area contributed by atoms with E-state index < -0.39 is 17.2 Å². The molecular weight excluding hydrogens is 227 g/mol. The van der Waals surface area contributed by atoms with Gasteiger partial charge in [0.1, 0.15) is 0 Å². The normalized spacial score (nSPS) is 10.5. The fourth-order valence-electron chi connectivity index (χ4n) is 1.45. The van der Waals surface area contributed by atoms with Gasteiger partial charge in [0.05, 0.1) is 12.0 Å². The van der Waals surface area contributed by atoms with E-state index in [0.29, 0.717) is 0 Å². The van der Waals surface area contributed by atoms with Crippen LogP contribution < -0.4 is 5.43 Å². The van der Waals surface area contributed by atoms with Crippen molar-refractivity contribution in [2.75, 3.05) is 6.61 Å². The molecule has 4 nitrogen and oxygen atoms in total. The second-order valence-electron chi connectivity index (χ2n) is 3.31. The van der Waals surface area contributed by atoms with E-state index in [1.807, 2.05) is 0 Å². The molecule has 2 rings (SSSR count). The number of carbonyl (C=O) groups is 1. The molecule has 1 heterocycles. The lowest BCUT2D eigenvalue weighted by Crippen LogP contribution is -2.10. The van der Waals surface area contributed by atoms with E-state index in [1.165, 1.54) is 12.1 Å². The lowest BCUT2D eigenvalue weighted by atomic mass is 10.2. The Morgan fingerprint density at radius 2 is 2.24 bits per heavy atom. The number of ether oxygens (including phenoxy) is 1. The maximum absolute atomic E-state index is 13.4. The minimum absolute atomic E-state index is 0.0954. The van der Waals surface area contributed by atoms with Gasteiger partial charge in [-0.05, 0) is 19.1 Å². The van der Waals surface area contributed by atoms with Crippen LogP contribution in [0.15, 0.2) is 33.5 Å². The Balaban J connectivity index is 2.66. The van der Waals surface area contributed by atoms with Crippen LogP contribution >= 0.6 is 0 Å². The monoisotopic (exact) mass is 236 g/mol. The van der Waals surface area contributed by atoms with Gasteiger partial charge in [0.25, 0.3) is 0 Å². The number of benzene rings is 1. The SMILES string of the molecule is CCOC(=O)c1cc(=O)c2cccc(F)c2o1. The third-order valence-corrected chi connectivity index (χ3v) is 2.18. The molecule has 1 aromatic heterocycles. The molecule has 88 valence electrons. The lowest BCUT2D eigenvalue weighted by molar-refractivity contribution is 0.0490. The van der Waals surface area contributed by atoms with Crippen LogP contribution in [0.3, 0.4) is 0 Å². The zero-order chi connectivity index (χ0) is 12.4. The van der Waals surface area contributed by atoms with Crippen LogP contribution in [0.5, 0.6) is 0 Å². The summed E-state index contributed by atoms with van der Waals surface area (Å²) in [6.45, 7) is 1.77. The summed E-state index contributed by atoms with van der Waals surface area (Å²) in [5, 5.41) is 0.0954. The predicted octanol–water partition coefficient (Wildman–Crippen LogP) is 2.11. The highest BCUT2D eigenvalue weighted by Gasteiger charge is 2.14. The molecule has 0 fully saturated rings. The van der Waals surface area contributed by atoms with Crippen LogP contribution in [0, 0.1) is 5.82 Å². The molecule has 1 aromatic carbocycles. The quantitative estimate of drug-likeness (QED) is 0.749. The standard InChI is InChI=1S/C12H9FO4/c1-2-16-12(15)10-6-9(14)7-4-3-5-8(13)11(7)17-10/h3-6H,2H2,1H3.